The molecule has 0 bridgehead atoms. The summed E-state index contributed by atoms with van der Waals surface area (Å²) >= 11 is 0. The van der Waals surface area contributed by atoms with E-state index in [1.165, 1.54) is 0 Å². The average molecular weight is 182 g/mol. The zero-order chi connectivity index (χ0) is 10.1. The van der Waals surface area contributed by atoms with Crippen molar-refractivity contribution in [3.63, 3.8) is 0 Å². The summed E-state index contributed by atoms with van der Waals surface area (Å²) in [6.07, 6.45) is 0. The first-order valence-corrected chi connectivity index (χ1v) is 4.10. The van der Waals surface area contributed by atoms with E-state index < -0.39 is 0 Å². The minimum absolute atomic E-state index is 0.188. The Morgan fingerprint density at radius 3 is 2.31 bits per heavy atom. The molecule has 1 aromatic heterocycles. The third kappa shape index (κ3) is 2.05. The van der Waals surface area contributed by atoms with Crippen molar-refractivity contribution in [3.8, 4) is 0 Å². The second-order valence-electron chi connectivity index (χ2n) is 3.85. The Labute approximate surface area is 76.6 Å². The number of hydrogen-bond acceptors (Lipinski definition) is 4. The Morgan fingerprint density at radius 2 is 1.92 bits per heavy atom. The molecular formula is C8H14N4O. The first-order valence-electron chi connectivity index (χ1n) is 4.10. The third-order valence-electron chi connectivity index (χ3n) is 1.64. The van der Waals surface area contributed by atoms with Crippen molar-refractivity contribution in [1.29, 1.82) is 0 Å². The lowest BCUT2D eigenvalue weighted by molar-refractivity contribution is 0.547. The topological polar surface area (TPSA) is 70.7 Å². The fraction of sp³-hybridized carbons (Fsp3) is 0.625. The van der Waals surface area contributed by atoms with E-state index in [1.807, 2.05) is 20.8 Å². The van der Waals surface area contributed by atoms with Gasteiger partial charge in [-0.05, 0) is 0 Å². The van der Waals surface area contributed by atoms with Crippen LogP contribution in [0, 0.1) is 0 Å². The molecule has 72 valence electrons. The largest absolute Gasteiger partial charge is 0.358 e. The molecule has 5 heteroatoms. The van der Waals surface area contributed by atoms with E-state index in [-0.39, 0.29) is 11.0 Å². The highest BCUT2D eigenvalue weighted by Gasteiger charge is 2.20. The van der Waals surface area contributed by atoms with Crippen LogP contribution in [0.25, 0.3) is 0 Å². The van der Waals surface area contributed by atoms with Crippen LogP contribution in [0.15, 0.2) is 4.79 Å². The zero-order valence-corrected chi connectivity index (χ0v) is 8.30. The maximum Gasteiger partial charge on any atom is 0.274 e. The third-order valence-corrected chi connectivity index (χ3v) is 1.64. The highest BCUT2D eigenvalue weighted by Crippen LogP contribution is 2.14. The number of nitrogens with one attached hydrogen (secondary N) is 2. The summed E-state index contributed by atoms with van der Waals surface area (Å²) in [5.41, 5.74) is -0.00862. The van der Waals surface area contributed by atoms with E-state index in [0.717, 1.165) is 0 Å². The fourth-order valence-corrected chi connectivity index (χ4v) is 0.940. The van der Waals surface area contributed by atoms with Crippen LogP contribution in [0.4, 0.5) is 5.95 Å². The van der Waals surface area contributed by atoms with E-state index in [2.05, 4.69) is 20.5 Å². The number of anilines is 1. The van der Waals surface area contributed by atoms with E-state index in [0.29, 0.717) is 11.6 Å². The Morgan fingerprint density at radius 1 is 1.31 bits per heavy atom. The molecule has 0 fully saturated rings. The normalized spacial score (nSPS) is 11.4. The lowest BCUT2D eigenvalue weighted by atomic mass is 9.93. The average Bonchev–Trinajstić information content (AvgIpc) is 2.01. The van der Waals surface area contributed by atoms with Gasteiger partial charge in [0.25, 0.3) is 5.56 Å². The minimum Gasteiger partial charge on any atom is -0.358 e. The SMILES string of the molecule is CNc1nnc(C(C)(C)C)c(=O)[nH]1. The summed E-state index contributed by atoms with van der Waals surface area (Å²) in [6.45, 7) is 5.77. The molecule has 1 aromatic rings. The number of aromatic amines is 1. The van der Waals surface area contributed by atoms with Crippen molar-refractivity contribution in [2.45, 2.75) is 26.2 Å². The lowest BCUT2D eigenvalue weighted by Crippen LogP contribution is -2.28. The molecule has 0 saturated heterocycles. The zero-order valence-electron chi connectivity index (χ0n) is 8.30. The monoisotopic (exact) mass is 182 g/mol. The van der Waals surface area contributed by atoms with E-state index >= 15 is 0 Å². The van der Waals surface area contributed by atoms with Gasteiger partial charge in [0.1, 0.15) is 5.69 Å². The Hall–Kier alpha value is -1.39. The molecule has 0 aliphatic carbocycles. The molecule has 0 radical (unpaired) electrons. The Kier molecular flexibility index (Phi) is 2.36. The Bertz CT molecular complexity index is 350. The number of H-pyrrole nitrogens is 1. The molecule has 0 spiro atoms. The van der Waals surface area contributed by atoms with Crippen molar-refractivity contribution in [3.05, 3.63) is 16.0 Å². The number of nitrogens with zero attached hydrogens (tertiary/aromatic N) is 2. The lowest BCUT2D eigenvalue weighted by Gasteiger charge is -2.15. The standard InChI is InChI=1S/C8H14N4O/c1-8(2,3)5-6(13)10-7(9-4)12-11-5/h1-4H3,(H2,9,10,12,13). The first kappa shape index (κ1) is 9.70. The maximum absolute atomic E-state index is 11.4. The van der Waals surface area contributed by atoms with E-state index in [9.17, 15) is 4.79 Å². The van der Waals surface area contributed by atoms with Gasteiger partial charge in [0, 0.05) is 12.5 Å². The van der Waals surface area contributed by atoms with Gasteiger partial charge in [0.2, 0.25) is 5.95 Å². The molecule has 2 N–H and O–H groups in total. The molecule has 0 atom stereocenters. The summed E-state index contributed by atoms with van der Waals surface area (Å²) < 4.78 is 0. The van der Waals surface area contributed by atoms with Crippen molar-refractivity contribution in [2.24, 2.45) is 0 Å². The van der Waals surface area contributed by atoms with Crippen molar-refractivity contribution < 1.29 is 0 Å². The molecule has 1 heterocycles. The van der Waals surface area contributed by atoms with Crippen LogP contribution in [0.5, 0.6) is 0 Å². The van der Waals surface area contributed by atoms with Crippen LogP contribution in [-0.2, 0) is 5.41 Å². The summed E-state index contributed by atoms with van der Waals surface area (Å²) in [5.74, 6) is 0.387. The van der Waals surface area contributed by atoms with Crippen LogP contribution >= 0.6 is 0 Å². The van der Waals surface area contributed by atoms with Gasteiger partial charge in [0.15, 0.2) is 0 Å². The summed E-state index contributed by atoms with van der Waals surface area (Å²) in [4.78, 5) is 14.0. The predicted octanol–water partition coefficient (Wildman–Crippen LogP) is 0.504. The van der Waals surface area contributed by atoms with Gasteiger partial charge in [-0.1, -0.05) is 20.8 Å². The van der Waals surface area contributed by atoms with Crippen molar-refractivity contribution in [1.82, 2.24) is 15.2 Å². The number of aromatic nitrogens is 3. The smallest absolute Gasteiger partial charge is 0.274 e. The van der Waals surface area contributed by atoms with Crippen LogP contribution < -0.4 is 10.9 Å². The van der Waals surface area contributed by atoms with E-state index in [1.54, 1.807) is 7.05 Å². The van der Waals surface area contributed by atoms with Gasteiger partial charge in [-0.3, -0.25) is 9.78 Å². The molecule has 0 saturated carbocycles. The molecular weight excluding hydrogens is 168 g/mol. The van der Waals surface area contributed by atoms with Crippen LogP contribution in [0.2, 0.25) is 0 Å². The second kappa shape index (κ2) is 3.16. The van der Waals surface area contributed by atoms with Gasteiger partial charge < -0.3 is 5.32 Å². The van der Waals surface area contributed by atoms with Gasteiger partial charge in [0.05, 0.1) is 0 Å². The highest BCUT2D eigenvalue weighted by atomic mass is 16.1. The quantitative estimate of drug-likeness (QED) is 0.663. The summed E-state index contributed by atoms with van der Waals surface area (Å²) in [6, 6.07) is 0. The van der Waals surface area contributed by atoms with Gasteiger partial charge >= 0.3 is 0 Å². The summed E-state index contributed by atoms with van der Waals surface area (Å²) in [7, 11) is 1.68. The highest BCUT2D eigenvalue weighted by molar-refractivity contribution is 5.21. The second-order valence-corrected chi connectivity index (χ2v) is 3.85. The molecule has 13 heavy (non-hydrogen) atoms. The molecule has 0 aliphatic rings. The summed E-state index contributed by atoms with van der Waals surface area (Å²) in [5, 5.41) is 10.4. The van der Waals surface area contributed by atoms with Crippen molar-refractivity contribution in [2.75, 3.05) is 12.4 Å². The van der Waals surface area contributed by atoms with Gasteiger partial charge in [-0.15, -0.1) is 10.2 Å². The van der Waals surface area contributed by atoms with Crippen LogP contribution in [0.3, 0.4) is 0 Å². The predicted molar refractivity (Wildman–Crippen MR) is 50.9 cm³/mol. The van der Waals surface area contributed by atoms with Gasteiger partial charge in [-0.25, -0.2) is 0 Å². The fourth-order valence-electron chi connectivity index (χ4n) is 0.940. The first-order chi connectivity index (χ1) is 5.95. The minimum atomic E-state index is -0.271. The van der Waals surface area contributed by atoms with E-state index in [4.69, 9.17) is 0 Å². The number of rotatable bonds is 1. The molecule has 0 aliphatic heterocycles. The Balaban J connectivity index is 3.21. The van der Waals surface area contributed by atoms with Gasteiger partial charge in [-0.2, -0.15) is 0 Å². The van der Waals surface area contributed by atoms with Crippen molar-refractivity contribution >= 4 is 5.95 Å². The molecule has 0 aromatic carbocycles. The number of hydrogen-bond donors (Lipinski definition) is 2. The van der Waals surface area contributed by atoms with Crippen LogP contribution in [0.1, 0.15) is 26.5 Å². The molecule has 1 rings (SSSR count). The molecule has 5 nitrogen and oxygen atoms in total. The molecule has 0 amide bonds. The molecule has 0 unspecified atom stereocenters. The van der Waals surface area contributed by atoms with Crippen LogP contribution in [-0.4, -0.2) is 22.2 Å². The maximum atomic E-state index is 11.4.